The summed E-state index contributed by atoms with van der Waals surface area (Å²) < 4.78 is 1.82. The highest BCUT2D eigenvalue weighted by atomic mass is 32.2. The number of rotatable bonds is 5. The monoisotopic (exact) mass is 240 g/mol. The summed E-state index contributed by atoms with van der Waals surface area (Å²) >= 11 is 2.03. The van der Waals surface area contributed by atoms with Crippen molar-refractivity contribution in [1.29, 1.82) is 0 Å². The predicted octanol–water partition coefficient (Wildman–Crippen LogP) is 1.60. The molecule has 1 aliphatic rings. The van der Waals surface area contributed by atoms with Gasteiger partial charge in [0.25, 0.3) is 0 Å². The Morgan fingerprint density at radius 3 is 2.94 bits per heavy atom. The summed E-state index contributed by atoms with van der Waals surface area (Å²) in [5.74, 6) is 6.60. The summed E-state index contributed by atoms with van der Waals surface area (Å²) in [5, 5.41) is 5.22. The molecule has 0 aliphatic heterocycles. The van der Waals surface area contributed by atoms with E-state index in [-0.39, 0.29) is 6.04 Å². The number of aryl methyl sites for hydroxylation is 1. The number of thioether (sulfide) groups is 1. The third kappa shape index (κ3) is 2.99. The Morgan fingerprint density at radius 2 is 2.38 bits per heavy atom. The molecule has 1 atom stereocenters. The van der Waals surface area contributed by atoms with Crippen LogP contribution in [-0.2, 0) is 7.05 Å². The summed E-state index contributed by atoms with van der Waals surface area (Å²) in [6.45, 7) is 0. The van der Waals surface area contributed by atoms with Crippen molar-refractivity contribution in [2.45, 2.75) is 37.0 Å². The Balaban J connectivity index is 1.85. The Morgan fingerprint density at radius 1 is 1.62 bits per heavy atom. The van der Waals surface area contributed by atoms with E-state index < -0.39 is 0 Å². The average molecular weight is 240 g/mol. The largest absolute Gasteiger partial charge is 0.275 e. The molecule has 0 spiro atoms. The maximum atomic E-state index is 5.59. The zero-order valence-corrected chi connectivity index (χ0v) is 10.5. The topological polar surface area (TPSA) is 55.9 Å². The predicted molar refractivity (Wildman–Crippen MR) is 68.0 cm³/mol. The van der Waals surface area contributed by atoms with E-state index in [9.17, 15) is 0 Å². The van der Waals surface area contributed by atoms with Crippen molar-refractivity contribution < 1.29 is 0 Å². The summed E-state index contributed by atoms with van der Waals surface area (Å²) in [6, 6.07) is 2.20. The van der Waals surface area contributed by atoms with Crippen LogP contribution in [0.25, 0.3) is 0 Å². The maximum absolute atomic E-state index is 5.59. The molecule has 1 aromatic heterocycles. The molecule has 1 heterocycles. The van der Waals surface area contributed by atoms with E-state index >= 15 is 0 Å². The second-order valence-corrected chi connectivity index (χ2v) is 5.71. The molecule has 1 fully saturated rings. The van der Waals surface area contributed by atoms with E-state index in [4.69, 9.17) is 5.84 Å². The molecule has 0 radical (unpaired) electrons. The lowest BCUT2D eigenvalue weighted by Gasteiger charge is -2.15. The van der Waals surface area contributed by atoms with Gasteiger partial charge in [0.1, 0.15) is 0 Å². The molecule has 1 aromatic rings. The van der Waals surface area contributed by atoms with Crippen LogP contribution in [0.4, 0.5) is 0 Å². The normalized spacial score (nSPS) is 19.1. The molecule has 0 saturated heterocycles. The number of nitrogens with two attached hydrogens (primary N) is 1. The molecule has 90 valence electrons. The fourth-order valence-corrected chi connectivity index (χ4v) is 3.52. The molecule has 4 nitrogen and oxygen atoms in total. The molecule has 2 rings (SSSR count). The first-order valence-corrected chi connectivity index (χ1v) is 6.91. The van der Waals surface area contributed by atoms with Crippen LogP contribution < -0.4 is 11.3 Å². The number of nitrogens with zero attached hydrogens (tertiary/aromatic N) is 2. The van der Waals surface area contributed by atoms with Gasteiger partial charge < -0.3 is 0 Å². The van der Waals surface area contributed by atoms with Crippen molar-refractivity contribution in [1.82, 2.24) is 15.2 Å². The summed E-state index contributed by atoms with van der Waals surface area (Å²) in [5.41, 5.74) is 3.90. The number of nitrogens with one attached hydrogen (secondary N) is 1. The molecule has 0 amide bonds. The fourth-order valence-electron chi connectivity index (χ4n) is 2.13. The second kappa shape index (κ2) is 5.70. The highest BCUT2D eigenvalue weighted by Gasteiger charge is 2.19. The molecule has 3 N–H and O–H groups in total. The van der Waals surface area contributed by atoms with Gasteiger partial charge in [0, 0.05) is 24.2 Å². The van der Waals surface area contributed by atoms with Crippen molar-refractivity contribution in [2.24, 2.45) is 12.9 Å². The Labute approximate surface area is 101 Å². The van der Waals surface area contributed by atoms with Crippen LogP contribution in [0, 0.1) is 0 Å². The lowest BCUT2D eigenvalue weighted by atomic mass is 10.2. The molecule has 16 heavy (non-hydrogen) atoms. The lowest BCUT2D eigenvalue weighted by molar-refractivity contribution is 0.580. The van der Waals surface area contributed by atoms with Gasteiger partial charge in [-0.15, -0.1) is 0 Å². The SMILES string of the molecule is Cn1ccc(C(CSC2CCCC2)NN)n1. The third-order valence-corrected chi connectivity index (χ3v) is 4.56. The van der Waals surface area contributed by atoms with Gasteiger partial charge in [-0.25, -0.2) is 0 Å². The van der Waals surface area contributed by atoms with Crippen LogP contribution in [0.1, 0.15) is 37.4 Å². The van der Waals surface area contributed by atoms with Gasteiger partial charge in [-0.3, -0.25) is 16.0 Å². The zero-order valence-electron chi connectivity index (χ0n) is 9.72. The third-order valence-electron chi connectivity index (χ3n) is 3.09. The van der Waals surface area contributed by atoms with Crippen LogP contribution in [0.2, 0.25) is 0 Å². The molecule has 0 aromatic carbocycles. The second-order valence-electron chi connectivity index (χ2n) is 4.37. The van der Waals surface area contributed by atoms with Gasteiger partial charge in [0.05, 0.1) is 11.7 Å². The fraction of sp³-hybridized carbons (Fsp3) is 0.727. The van der Waals surface area contributed by atoms with Crippen molar-refractivity contribution >= 4 is 11.8 Å². The smallest absolute Gasteiger partial charge is 0.0815 e. The Hall–Kier alpha value is -0.520. The Bertz CT molecular complexity index is 320. The van der Waals surface area contributed by atoms with Gasteiger partial charge in [0.2, 0.25) is 0 Å². The van der Waals surface area contributed by atoms with Gasteiger partial charge in [-0.05, 0) is 18.9 Å². The molecule has 0 bridgehead atoms. The maximum Gasteiger partial charge on any atom is 0.0815 e. The molecule has 1 saturated carbocycles. The van der Waals surface area contributed by atoms with Crippen molar-refractivity contribution in [3.63, 3.8) is 0 Å². The van der Waals surface area contributed by atoms with E-state index in [2.05, 4.69) is 10.5 Å². The first-order chi connectivity index (χ1) is 7.79. The van der Waals surface area contributed by atoms with Crippen LogP contribution in [0.15, 0.2) is 12.3 Å². The van der Waals surface area contributed by atoms with Crippen LogP contribution >= 0.6 is 11.8 Å². The van der Waals surface area contributed by atoms with E-state index in [0.29, 0.717) is 0 Å². The van der Waals surface area contributed by atoms with Gasteiger partial charge >= 0.3 is 0 Å². The first-order valence-electron chi connectivity index (χ1n) is 5.87. The van der Waals surface area contributed by atoms with E-state index in [1.165, 1.54) is 25.7 Å². The minimum absolute atomic E-state index is 0.173. The molecular formula is C11H20N4S. The minimum Gasteiger partial charge on any atom is -0.275 e. The number of aromatic nitrogens is 2. The number of hydrogen-bond acceptors (Lipinski definition) is 4. The summed E-state index contributed by atoms with van der Waals surface area (Å²) in [7, 11) is 1.93. The van der Waals surface area contributed by atoms with Crippen molar-refractivity contribution in [3.05, 3.63) is 18.0 Å². The Kier molecular flexibility index (Phi) is 4.26. The first kappa shape index (κ1) is 12.0. The lowest BCUT2D eigenvalue weighted by Crippen LogP contribution is -2.30. The molecule has 1 unspecified atom stereocenters. The van der Waals surface area contributed by atoms with Crippen LogP contribution in [-0.4, -0.2) is 20.8 Å². The quantitative estimate of drug-likeness (QED) is 0.606. The highest BCUT2D eigenvalue weighted by molar-refractivity contribution is 7.99. The molecule has 1 aliphatic carbocycles. The van der Waals surface area contributed by atoms with E-state index in [1.54, 1.807) is 0 Å². The standard InChI is InChI=1S/C11H20N4S/c1-15-7-6-10(14-15)11(13-12)8-16-9-4-2-3-5-9/h6-7,9,11,13H,2-5,8,12H2,1H3. The van der Waals surface area contributed by atoms with Crippen molar-refractivity contribution in [3.8, 4) is 0 Å². The van der Waals surface area contributed by atoms with Crippen LogP contribution in [0.3, 0.4) is 0 Å². The number of hydrazine groups is 1. The molecular weight excluding hydrogens is 220 g/mol. The average Bonchev–Trinajstić information content (AvgIpc) is 2.91. The van der Waals surface area contributed by atoms with Gasteiger partial charge in [-0.1, -0.05) is 12.8 Å². The highest BCUT2D eigenvalue weighted by Crippen LogP contribution is 2.31. The van der Waals surface area contributed by atoms with Crippen molar-refractivity contribution in [2.75, 3.05) is 5.75 Å². The summed E-state index contributed by atoms with van der Waals surface area (Å²) in [4.78, 5) is 0. The number of hydrogen-bond donors (Lipinski definition) is 2. The van der Waals surface area contributed by atoms with E-state index in [0.717, 1.165) is 16.7 Å². The van der Waals surface area contributed by atoms with E-state index in [1.807, 2.05) is 35.8 Å². The van der Waals surface area contributed by atoms with Gasteiger partial charge in [0.15, 0.2) is 0 Å². The van der Waals surface area contributed by atoms with Crippen LogP contribution in [0.5, 0.6) is 0 Å². The van der Waals surface area contributed by atoms with Gasteiger partial charge in [-0.2, -0.15) is 16.9 Å². The summed E-state index contributed by atoms with van der Waals surface area (Å²) in [6.07, 6.45) is 7.47. The zero-order chi connectivity index (χ0) is 11.4. The minimum atomic E-state index is 0.173. The molecule has 5 heteroatoms.